The lowest BCUT2D eigenvalue weighted by molar-refractivity contribution is 0.444. The molecule has 58 heavy (non-hydrogen) atoms. The van der Waals surface area contributed by atoms with Gasteiger partial charge in [-0.15, -0.1) is 0 Å². The molecule has 0 aliphatic heterocycles. The fourth-order valence-corrected chi connectivity index (χ4v) is 8.77. The van der Waals surface area contributed by atoms with Crippen LogP contribution in [0.4, 0.5) is 34.1 Å². The Bertz CT molecular complexity index is 2960. The summed E-state index contributed by atoms with van der Waals surface area (Å²) in [6.07, 6.45) is 6.14. The van der Waals surface area contributed by atoms with Gasteiger partial charge in [-0.2, -0.15) is 15.8 Å². The maximum atomic E-state index is 10.3. The van der Waals surface area contributed by atoms with E-state index in [1.165, 1.54) is 48.8 Å². The quantitative estimate of drug-likeness (QED) is 0.152. The number of rotatable bonds is 7. The Morgan fingerprint density at radius 1 is 0.397 bits per heavy atom. The van der Waals surface area contributed by atoms with Crippen LogP contribution in [0.3, 0.4) is 0 Å². The molecule has 9 rings (SSSR count). The SMILES string of the molecule is Cc1ccc(N(c2ccc(C#N)cc2)c2cc3c4cc(C5CCCCC5)ccc4c(N(c4ccc(C)cc4)c4ccc(C#N)cc4)cc3c3cc(C#N)ccc23)cc1. The standard InChI is InChI=1S/C53H41N5/c1-35-8-18-42(19-9-35)57(44-22-12-37(32-54)13-23-44)52-31-51-49-29-41(40-6-4-3-5-7-40)17-27-47(49)53(30-50(51)48-28-39(34-56)16-26-46(48)52)58(43-20-10-36(2)11-21-43)45-24-14-38(33-55)15-25-45/h8-31,40H,3-7H2,1-2H3. The summed E-state index contributed by atoms with van der Waals surface area (Å²) in [5.74, 6) is 0.497. The summed E-state index contributed by atoms with van der Waals surface area (Å²) < 4.78 is 0. The summed E-state index contributed by atoms with van der Waals surface area (Å²) in [6, 6.07) is 57.4. The summed E-state index contributed by atoms with van der Waals surface area (Å²) in [6.45, 7) is 4.19. The molecule has 0 radical (unpaired) electrons. The predicted octanol–water partition coefficient (Wildman–Crippen LogP) is 14.4. The van der Waals surface area contributed by atoms with Gasteiger partial charge in [0.05, 0.1) is 46.3 Å². The zero-order valence-electron chi connectivity index (χ0n) is 32.7. The third-order valence-corrected chi connectivity index (χ3v) is 11.8. The highest BCUT2D eigenvalue weighted by molar-refractivity contribution is 6.25. The lowest BCUT2D eigenvalue weighted by Crippen LogP contribution is -2.12. The molecular weight excluding hydrogens is 707 g/mol. The minimum absolute atomic E-state index is 0.497. The molecule has 0 atom stereocenters. The van der Waals surface area contributed by atoms with Crippen LogP contribution in [0.2, 0.25) is 0 Å². The van der Waals surface area contributed by atoms with Crippen LogP contribution >= 0.6 is 0 Å². The molecule has 0 spiro atoms. The second kappa shape index (κ2) is 15.3. The van der Waals surface area contributed by atoms with Gasteiger partial charge >= 0.3 is 0 Å². The molecule has 1 saturated carbocycles. The first-order valence-corrected chi connectivity index (χ1v) is 20.0. The van der Waals surface area contributed by atoms with Crippen LogP contribution in [0.5, 0.6) is 0 Å². The molecule has 0 unspecified atom stereocenters. The lowest BCUT2D eigenvalue weighted by atomic mass is 9.82. The molecule has 8 aromatic rings. The first-order valence-electron chi connectivity index (χ1n) is 20.0. The maximum Gasteiger partial charge on any atom is 0.0991 e. The smallest absolute Gasteiger partial charge is 0.0991 e. The summed E-state index contributed by atoms with van der Waals surface area (Å²) in [7, 11) is 0. The van der Waals surface area contributed by atoms with Crippen LogP contribution < -0.4 is 9.80 Å². The van der Waals surface area contributed by atoms with Crippen molar-refractivity contribution in [3.63, 3.8) is 0 Å². The van der Waals surface area contributed by atoms with Gasteiger partial charge in [-0.25, -0.2) is 0 Å². The molecule has 0 heterocycles. The van der Waals surface area contributed by atoms with Crippen molar-refractivity contribution in [1.82, 2.24) is 0 Å². The van der Waals surface area contributed by atoms with Gasteiger partial charge in [-0.1, -0.05) is 78.9 Å². The van der Waals surface area contributed by atoms with Crippen molar-refractivity contribution in [2.45, 2.75) is 51.9 Å². The van der Waals surface area contributed by atoms with E-state index in [1.807, 2.05) is 60.7 Å². The van der Waals surface area contributed by atoms with E-state index in [9.17, 15) is 15.8 Å². The topological polar surface area (TPSA) is 77.8 Å². The molecule has 0 N–H and O–H groups in total. The predicted molar refractivity (Wildman–Crippen MR) is 238 cm³/mol. The highest BCUT2D eigenvalue weighted by atomic mass is 15.1. The number of benzene rings is 8. The third-order valence-electron chi connectivity index (χ3n) is 11.8. The lowest BCUT2D eigenvalue weighted by Gasteiger charge is -2.30. The van der Waals surface area contributed by atoms with Gasteiger partial charge in [-0.05, 0) is 157 Å². The zero-order valence-corrected chi connectivity index (χ0v) is 32.7. The Morgan fingerprint density at radius 2 is 0.776 bits per heavy atom. The molecule has 0 aromatic heterocycles. The molecule has 278 valence electrons. The average molecular weight is 748 g/mol. The number of nitriles is 3. The van der Waals surface area contributed by atoms with E-state index in [1.54, 1.807) is 0 Å². The largest absolute Gasteiger partial charge is 0.310 e. The van der Waals surface area contributed by atoms with Crippen LogP contribution in [-0.2, 0) is 0 Å². The van der Waals surface area contributed by atoms with Crippen molar-refractivity contribution >= 4 is 66.4 Å². The summed E-state index contributed by atoms with van der Waals surface area (Å²) >= 11 is 0. The van der Waals surface area contributed by atoms with Crippen LogP contribution in [0.25, 0.3) is 32.3 Å². The van der Waals surface area contributed by atoms with E-state index in [-0.39, 0.29) is 0 Å². The van der Waals surface area contributed by atoms with E-state index in [4.69, 9.17) is 0 Å². The summed E-state index contributed by atoms with van der Waals surface area (Å²) in [5, 5.41) is 36.1. The van der Waals surface area contributed by atoms with E-state index in [2.05, 4.69) is 127 Å². The van der Waals surface area contributed by atoms with Crippen LogP contribution in [-0.4, -0.2) is 0 Å². The number of hydrogen-bond donors (Lipinski definition) is 0. The number of aryl methyl sites for hydroxylation is 2. The minimum Gasteiger partial charge on any atom is -0.310 e. The maximum absolute atomic E-state index is 10.3. The van der Waals surface area contributed by atoms with E-state index < -0.39 is 0 Å². The Labute approximate surface area is 339 Å². The van der Waals surface area contributed by atoms with Gasteiger partial charge in [0.2, 0.25) is 0 Å². The first kappa shape index (κ1) is 36.3. The van der Waals surface area contributed by atoms with Gasteiger partial charge in [0.1, 0.15) is 0 Å². The van der Waals surface area contributed by atoms with Crippen molar-refractivity contribution in [3.8, 4) is 18.2 Å². The number of hydrogen-bond acceptors (Lipinski definition) is 5. The fourth-order valence-electron chi connectivity index (χ4n) is 8.77. The molecule has 1 fully saturated rings. The van der Waals surface area contributed by atoms with Gasteiger partial charge < -0.3 is 9.80 Å². The zero-order chi connectivity index (χ0) is 39.8. The molecule has 0 bridgehead atoms. The third kappa shape index (κ3) is 6.66. The Morgan fingerprint density at radius 3 is 1.22 bits per heavy atom. The number of nitrogens with zero attached hydrogens (tertiary/aromatic N) is 5. The molecule has 1 aliphatic rings. The Kier molecular flexibility index (Phi) is 9.55. The van der Waals surface area contributed by atoms with Crippen molar-refractivity contribution < 1.29 is 0 Å². The van der Waals surface area contributed by atoms with Gasteiger partial charge in [-0.3, -0.25) is 0 Å². The van der Waals surface area contributed by atoms with Gasteiger partial charge in [0, 0.05) is 33.5 Å². The molecule has 5 nitrogen and oxygen atoms in total. The summed E-state index contributed by atoms with van der Waals surface area (Å²) in [4.78, 5) is 4.57. The van der Waals surface area contributed by atoms with E-state index in [0.29, 0.717) is 22.6 Å². The van der Waals surface area contributed by atoms with Crippen molar-refractivity contribution in [3.05, 3.63) is 179 Å². The minimum atomic E-state index is 0.497. The molecular formula is C53H41N5. The Balaban J connectivity index is 1.41. The fraction of sp³-hybridized carbons (Fsp3) is 0.151. The van der Waals surface area contributed by atoms with Crippen LogP contribution in [0, 0.1) is 47.8 Å². The second-order valence-electron chi connectivity index (χ2n) is 15.6. The average Bonchev–Trinajstić information content (AvgIpc) is 3.28. The molecule has 1 aliphatic carbocycles. The first-order chi connectivity index (χ1) is 28.4. The second-order valence-corrected chi connectivity index (χ2v) is 15.6. The normalized spacial score (nSPS) is 12.9. The van der Waals surface area contributed by atoms with Crippen molar-refractivity contribution in [2.24, 2.45) is 0 Å². The van der Waals surface area contributed by atoms with Gasteiger partial charge in [0.15, 0.2) is 0 Å². The highest BCUT2D eigenvalue weighted by Crippen LogP contribution is 2.49. The molecule has 0 amide bonds. The van der Waals surface area contributed by atoms with E-state index in [0.717, 1.165) is 66.4 Å². The van der Waals surface area contributed by atoms with Crippen molar-refractivity contribution in [2.75, 3.05) is 9.80 Å². The van der Waals surface area contributed by atoms with Crippen molar-refractivity contribution in [1.29, 1.82) is 15.8 Å². The highest BCUT2D eigenvalue weighted by Gasteiger charge is 2.24. The Hall–Kier alpha value is -7.39. The monoisotopic (exact) mass is 747 g/mol. The molecule has 8 aromatic carbocycles. The molecule has 0 saturated heterocycles. The number of fused-ring (bicyclic) bond motifs is 5. The summed E-state index contributed by atoms with van der Waals surface area (Å²) in [5.41, 5.74) is 11.4. The van der Waals surface area contributed by atoms with Crippen LogP contribution in [0.15, 0.2) is 146 Å². The number of anilines is 6. The van der Waals surface area contributed by atoms with E-state index >= 15 is 0 Å². The van der Waals surface area contributed by atoms with Gasteiger partial charge in [0.25, 0.3) is 0 Å². The van der Waals surface area contributed by atoms with Crippen LogP contribution in [0.1, 0.15) is 71.4 Å². The molecule has 5 heteroatoms.